The van der Waals surface area contributed by atoms with Gasteiger partial charge in [0.2, 0.25) is 0 Å². The van der Waals surface area contributed by atoms with Gasteiger partial charge in [0.1, 0.15) is 11.6 Å². The van der Waals surface area contributed by atoms with E-state index in [9.17, 15) is 18.8 Å². The van der Waals surface area contributed by atoms with Gasteiger partial charge in [0.25, 0.3) is 5.91 Å². The van der Waals surface area contributed by atoms with E-state index in [1.807, 2.05) is 23.6 Å². The summed E-state index contributed by atoms with van der Waals surface area (Å²) in [6.07, 6.45) is 1.59. The minimum absolute atomic E-state index is 0.0146. The summed E-state index contributed by atoms with van der Waals surface area (Å²) in [5.74, 6) is 5.96. The minimum Gasteiger partial charge on any atom is -0.434 e. The molecular formula is C27H22F2N4O2. The molecule has 6 nitrogen and oxygen atoms in total. The third-order valence-electron chi connectivity index (χ3n) is 7.23. The smallest absolute Gasteiger partial charge is 0.387 e. The van der Waals surface area contributed by atoms with Crippen LogP contribution in [0.5, 0.6) is 5.75 Å². The average molecular weight is 476 g/mol. The van der Waals surface area contributed by atoms with Gasteiger partial charge in [-0.15, -0.1) is 0 Å². The molecule has 2 atom stereocenters. The fourth-order valence-electron chi connectivity index (χ4n) is 5.59. The normalized spacial score (nSPS) is 28.0. The summed E-state index contributed by atoms with van der Waals surface area (Å²) < 4.78 is 57.6. The maximum atomic E-state index is 13.5. The van der Waals surface area contributed by atoms with Gasteiger partial charge in [-0.3, -0.25) is 4.79 Å². The molecule has 2 aliphatic heterocycles. The van der Waals surface area contributed by atoms with Gasteiger partial charge in [0.15, 0.2) is 0 Å². The molecule has 0 radical (unpaired) electrons. The SMILES string of the molecule is [2H]C([2H])([2H])N1C(=O)c2cccc(OC(F)F)c2[C@H]2C[C@@H]1c1nc3ccc(C#CC4CC(C)(C#N)C4)cc3n12. The monoisotopic (exact) mass is 475 g/mol. The maximum Gasteiger partial charge on any atom is 0.387 e. The molecule has 0 spiro atoms. The Morgan fingerprint density at radius 1 is 1.29 bits per heavy atom. The second-order valence-corrected chi connectivity index (χ2v) is 9.63. The first-order chi connectivity index (χ1) is 18.0. The van der Waals surface area contributed by atoms with Crippen molar-refractivity contribution >= 4 is 16.9 Å². The molecule has 1 aromatic heterocycles. The predicted molar refractivity (Wildman–Crippen MR) is 124 cm³/mol. The van der Waals surface area contributed by atoms with Crippen LogP contribution in [0.3, 0.4) is 0 Å². The Kier molecular flexibility index (Phi) is 3.97. The lowest BCUT2D eigenvalue weighted by Crippen LogP contribution is -2.32. The van der Waals surface area contributed by atoms with Crippen LogP contribution in [-0.2, 0) is 0 Å². The number of fused-ring (bicyclic) bond motifs is 9. The quantitative estimate of drug-likeness (QED) is 0.487. The Hall–Kier alpha value is -3.91. The summed E-state index contributed by atoms with van der Waals surface area (Å²) >= 11 is 0. The number of ether oxygens (including phenoxy) is 1. The molecule has 6 rings (SSSR count). The highest BCUT2D eigenvalue weighted by Gasteiger charge is 2.45. The second-order valence-electron chi connectivity index (χ2n) is 9.63. The van der Waals surface area contributed by atoms with Crippen molar-refractivity contribution in [3.63, 3.8) is 0 Å². The molecule has 0 N–H and O–H groups in total. The summed E-state index contributed by atoms with van der Waals surface area (Å²) in [5, 5.41) is 9.23. The molecule has 35 heavy (non-hydrogen) atoms. The Morgan fingerprint density at radius 2 is 2.11 bits per heavy atom. The van der Waals surface area contributed by atoms with Crippen LogP contribution in [-0.4, -0.2) is 33.9 Å². The average Bonchev–Trinajstić information content (AvgIpc) is 3.33. The molecule has 176 valence electrons. The maximum absolute atomic E-state index is 13.5. The van der Waals surface area contributed by atoms with Gasteiger partial charge < -0.3 is 14.2 Å². The van der Waals surface area contributed by atoms with Crippen LogP contribution in [0, 0.1) is 34.5 Å². The molecule has 0 saturated heterocycles. The number of nitriles is 1. The van der Waals surface area contributed by atoms with Gasteiger partial charge in [0, 0.05) is 40.1 Å². The van der Waals surface area contributed by atoms with E-state index in [2.05, 4.69) is 22.9 Å². The predicted octanol–water partition coefficient (Wildman–Crippen LogP) is 5.05. The van der Waals surface area contributed by atoms with Crippen LogP contribution in [0.4, 0.5) is 8.78 Å². The first kappa shape index (κ1) is 18.4. The Labute approximate surface area is 205 Å². The van der Waals surface area contributed by atoms with Gasteiger partial charge in [-0.1, -0.05) is 17.9 Å². The molecular weight excluding hydrogens is 450 g/mol. The highest BCUT2D eigenvalue weighted by molar-refractivity contribution is 5.97. The van der Waals surface area contributed by atoms with Crippen molar-refractivity contribution in [1.82, 2.24) is 14.5 Å². The Bertz CT molecular complexity index is 1590. The largest absolute Gasteiger partial charge is 0.434 e. The molecule has 3 aliphatic rings. The molecule has 3 aromatic rings. The van der Waals surface area contributed by atoms with E-state index in [0.29, 0.717) is 35.3 Å². The van der Waals surface area contributed by atoms with Crippen molar-refractivity contribution in [3.05, 3.63) is 58.9 Å². The molecule has 2 bridgehead atoms. The van der Waals surface area contributed by atoms with Crippen LogP contribution in [0.1, 0.15) is 69.7 Å². The van der Waals surface area contributed by atoms with Crippen molar-refractivity contribution in [2.24, 2.45) is 11.3 Å². The zero-order valence-corrected chi connectivity index (χ0v) is 18.8. The number of nitrogens with zero attached hydrogens (tertiary/aromatic N) is 4. The fourth-order valence-corrected chi connectivity index (χ4v) is 5.59. The number of benzene rings is 2. The second kappa shape index (κ2) is 7.55. The van der Waals surface area contributed by atoms with Crippen LogP contribution in [0.2, 0.25) is 0 Å². The highest BCUT2D eigenvalue weighted by Crippen LogP contribution is 2.50. The zero-order chi connectivity index (χ0) is 27.0. The third-order valence-corrected chi connectivity index (χ3v) is 7.23. The number of amides is 1. The van der Waals surface area contributed by atoms with Gasteiger partial charge in [-0.25, -0.2) is 4.98 Å². The molecule has 1 fully saturated rings. The molecule has 1 amide bonds. The van der Waals surface area contributed by atoms with Crippen LogP contribution in [0.25, 0.3) is 11.0 Å². The Morgan fingerprint density at radius 3 is 2.86 bits per heavy atom. The van der Waals surface area contributed by atoms with Gasteiger partial charge in [-0.05, 0) is 50.1 Å². The van der Waals surface area contributed by atoms with Crippen molar-refractivity contribution in [3.8, 4) is 23.7 Å². The number of rotatable bonds is 2. The molecule has 0 unspecified atom stereocenters. The van der Waals surface area contributed by atoms with Crippen LogP contribution < -0.4 is 4.74 Å². The van der Waals surface area contributed by atoms with Gasteiger partial charge in [-0.2, -0.15) is 14.0 Å². The number of carbonyl (C=O) groups is 1. The topological polar surface area (TPSA) is 71.2 Å². The van der Waals surface area contributed by atoms with E-state index in [0.717, 1.165) is 4.90 Å². The number of hydrogen-bond acceptors (Lipinski definition) is 4. The summed E-state index contributed by atoms with van der Waals surface area (Å²) in [6, 6.07) is 10.4. The Balaban J connectivity index is 1.50. The number of imidazole rings is 1. The number of aromatic nitrogens is 2. The number of carbonyl (C=O) groups excluding carboxylic acids is 1. The lowest BCUT2D eigenvalue weighted by molar-refractivity contribution is -0.0507. The van der Waals surface area contributed by atoms with E-state index in [4.69, 9.17) is 8.85 Å². The summed E-state index contributed by atoms with van der Waals surface area (Å²) in [7, 11) is 0. The van der Waals surface area contributed by atoms with Crippen molar-refractivity contribution in [1.29, 1.82) is 5.26 Å². The van der Waals surface area contributed by atoms with Crippen molar-refractivity contribution in [2.75, 3.05) is 6.98 Å². The third kappa shape index (κ3) is 3.28. The van der Waals surface area contributed by atoms with E-state index in [1.54, 1.807) is 6.07 Å². The van der Waals surface area contributed by atoms with Crippen molar-refractivity contribution < 1.29 is 22.4 Å². The standard InChI is InChI=1S/C27H22F2N4O2/c1-27(14-30)12-16(13-27)7-6-15-8-9-18-19(10-15)33-20-11-21(24(33)31-18)32(2)25(34)17-4-3-5-22(23(17)20)35-26(28)29/h3-5,8-10,16,20-21,26H,11-13H2,1-2H3/t16?,20-,21-,27?/m1/s1/i2D3. The minimum atomic E-state index is -3.12. The number of hydrogen-bond donors (Lipinski definition) is 0. The molecule has 1 saturated carbocycles. The van der Waals surface area contributed by atoms with E-state index < -0.39 is 31.6 Å². The summed E-state index contributed by atoms with van der Waals surface area (Å²) in [5.41, 5.74) is 1.85. The van der Waals surface area contributed by atoms with E-state index >= 15 is 0 Å². The molecule has 1 aliphatic carbocycles. The lowest BCUT2D eigenvalue weighted by atomic mass is 9.64. The zero-order valence-electron chi connectivity index (χ0n) is 21.8. The first-order valence-corrected chi connectivity index (χ1v) is 11.4. The molecule has 3 heterocycles. The summed E-state index contributed by atoms with van der Waals surface area (Å²) in [6.45, 7) is -3.98. The highest BCUT2D eigenvalue weighted by atomic mass is 19.3. The lowest BCUT2D eigenvalue weighted by Gasteiger charge is -2.36. The molecule has 8 heteroatoms. The first-order valence-electron chi connectivity index (χ1n) is 12.9. The van der Waals surface area contributed by atoms with E-state index in [1.165, 1.54) is 18.2 Å². The number of halogens is 2. The number of alkyl halides is 2. The van der Waals surface area contributed by atoms with Gasteiger partial charge >= 0.3 is 6.61 Å². The fraction of sp³-hybridized carbons (Fsp3) is 0.370. The van der Waals surface area contributed by atoms with Crippen LogP contribution in [0.15, 0.2) is 36.4 Å². The van der Waals surface area contributed by atoms with Gasteiger partial charge in [0.05, 0.1) is 34.6 Å². The molecule has 2 aromatic carbocycles. The van der Waals surface area contributed by atoms with E-state index in [-0.39, 0.29) is 34.6 Å². The summed E-state index contributed by atoms with van der Waals surface area (Å²) in [4.78, 5) is 19.0. The van der Waals surface area contributed by atoms with Crippen LogP contribution >= 0.6 is 0 Å². The van der Waals surface area contributed by atoms with Crippen molar-refractivity contribution in [2.45, 2.75) is 44.9 Å².